The molecule has 0 fully saturated rings. The molecule has 0 spiro atoms. The first-order chi connectivity index (χ1) is 22.8. The number of nitrogens with zero attached hydrogens (tertiary/aromatic N) is 2. The molecule has 1 aliphatic heterocycles. The Kier molecular flexibility index (Phi) is 9.56. The van der Waals surface area contributed by atoms with E-state index in [0.717, 1.165) is 16.7 Å². The van der Waals surface area contributed by atoms with E-state index >= 15 is 0 Å². The Morgan fingerprint density at radius 2 is 1.79 bits per heavy atom. The third-order valence-electron chi connectivity index (χ3n) is 7.56. The summed E-state index contributed by atoms with van der Waals surface area (Å²) in [6.07, 6.45) is 1.80. The first-order valence-corrected chi connectivity index (χ1v) is 16.2. The summed E-state index contributed by atoms with van der Waals surface area (Å²) in [5.74, 6) is 1.41. The van der Waals surface area contributed by atoms with Crippen LogP contribution in [-0.4, -0.2) is 24.2 Å². The van der Waals surface area contributed by atoms with Gasteiger partial charge in [-0.1, -0.05) is 71.5 Å². The van der Waals surface area contributed by atoms with E-state index in [1.165, 1.54) is 11.3 Å². The number of anilines is 1. The molecule has 1 amide bonds. The van der Waals surface area contributed by atoms with Crippen molar-refractivity contribution >= 4 is 40.6 Å². The summed E-state index contributed by atoms with van der Waals surface area (Å²) >= 11 is 7.40. The second-order valence-corrected chi connectivity index (χ2v) is 12.2. The molecule has 1 aromatic heterocycles. The number of nitrogens with one attached hydrogen (secondary N) is 1. The second kappa shape index (κ2) is 14.1. The van der Waals surface area contributed by atoms with Crippen LogP contribution in [0.5, 0.6) is 17.2 Å². The minimum atomic E-state index is -0.728. The van der Waals surface area contributed by atoms with Crippen LogP contribution in [-0.2, 0) is 11.4 Å². The van der Waals surface area contributed by atoms with Crippen LogP contribution < -0.4 is 34.4 Å². The zero-order chi connectivity index (χ0) is 32.9. The fourth-order valence-electron chi connectivity index (χ4n) is 5.40. The maximum atomic E-state index is 14.2. The summed E-state index contributed by atoms with van der Waals surface area (Å²) in [5.41, 5.74) is 3.69. The lowest BCUT2D eigenvalue weighted by atomic mass is 9.95. The van der Waals surface area contributed by atoms with Gasteiger partial charge in [0.2, 0.25) is 0 Å². The molecule has 4 aromatic carbocycles. The molecule has 238 valence electrons. The Morgan fingerprint density at radius 3 is 2.55 bits per heavy atom. The Morgan fingerprint density at radius 1 is 0.979 bits per heavy atom. The fraction of sp³-hybridized carbons (Fsp3) is 0.162. The summed E-state index contributed by atoms with van der Waals surface area (Å²) in [6.45, 7) is 4.45. The summed E-state index contributed by atoms with van der Waals surface area (Å²) < 4.78 is 19.5. The number of carbonyl (C=O) groups excluding carboxylic acids is 1. The van der Waals surface area contributed by atoms with Crippen molar-refractivity contribution in [3.05, 3.63) is 150 Å². The Bertz CT molecular complexity index is 2160. The topological polar surface area (TPSA) is 91.2 Å². The molecule has 0 saturated carbocycles. The Balaban J connectivity index is 1.40. The number of rotatable bonds is 10. The van der Waals surface area contributed by atoms with E-state index in [0.29, 0.717) is 61.8 Å². The molecule has 1 aliphatic rings. The van der Waals surface area contributed by atoms with Crippen molar-refractivity contribution in [2.24, 2.45) is 4.99 Å². The van der Waals surface area contributed by atoms with E-state index in [9.17, 15) is 9.59 Å². The second-order valence-electron chi connectivity index (χ2n) is 10.7. The zero-order valence-electron chi connectivity index (χ0n) is 26.0. The van der Waals surface area contributed by atoms with Crippen molar-refractivity contribution in [3.8, 4) is 17.2 Å². The monoisotopic (exact) mass is 665 g/mol. The van der Waals surface area contributed by atoms with Gasteiger partial charge in [0.25, 0.3) is 11.5 Å². The zero-order valence-corrected chi connectivity index (χ0v) is 27.6. The van der Waals surface area contributed by atoms with Crippen molar-refractivity contribution in [1.29, 1.82) is 0 Å². The Hall–Kier alpha value is -5.12. The number of fused-ring (bicyclic) bond motifs is 1. The van der Waals surface area contributed by atoms with Crippen molar-refractivity contribution in [2.45, 2.75) is 26.5 Å². The van der Waals surface area contributed by atoms with E-state index < -0.39 is 6.04 Å². The molecule has 0 saturated heterocycles. The highest BCUT2D eigenvalue weighted by Gasteiger charge is 2.32. The molecule has 0 aliphatic carbocycles. The lowest BCUT2D eigenvalue weighted by Crippen LogP contribution is -2.40. The predicted molar refractivity (Wildman–Crippen MR) is 185 cm³/mol. The van der Waals surface area contributed by atoms with Gasteiger partial charge in [0.15, 0.2) is 16.3 Å². The molecule has 47 heavy (non-hydrogen) atoms. The van der Waals surface area contributed by atoms with E-state index in [1.54, 1.807) is 24.7 Å². The summed E-state index contributed by atoms with van der Waals surface area (Å²) in [4.78, 5) is 33.2. The van der Waals surface area contributed by atoms with Gasteiger partial charge in [0.05, 0.1) is 35.6 Å². The molecule has 0 bridgehead atoms. The van der Waals surface area contributed by atoms with E-state index in [4.69, 9.17) is 30.8 Å². The van der Waals surface area contributed by atoms with Gasteiger partial charge in [-0.05, 0) is 85.1 Å². The summed E-state index contributed by atoms with van der Waals surface area (Å²) in [6, 6.07) is 28.9. The smallest absolute Gasteiger partial charge is 0.271 e. The van der Waals surface area contributed by atoms with Crippen LogP contribution in [0.4, 0.5) is 5.69 Å². The van der Waals surface area contributed by atoms with Gasteiger partial charge in [-0.15, -0.1) is 0 Å². The molecule has 2 heterocycles. The molecule has 10 heteroatoms. The first kappa shape index (κ1) is 31.8. The van der Waals surface area contributed by atoms with E-state index in [2.05, 4.69) is 5.32 Å². The maximum absolute atomic E-state index is 14.2. The predicted octanol–water partition coefficient (Wildman–Crippen LogP) is 6.51. The average Bonchev–Trinajstić information content (AvgIpc) is 3.37. The minimum absolute atomic E-state index is 0.265. The normalized spacial score (nSPS) is 14.3. The molecule has 0 unspecified atom stereocenters. The van der Waals surface area contributed by atoms with Gasteiger partial charge in [0, 0.05) is 10.7 Å². The van der Waals surface area contributed by atoms with Crippen molar-refractivity contribution in [2.75, 3.05) is 19.0 Å². The number of allylic oxidation sites excluding steroid dienone is 1. The minimum Gasteiger partial charge on any atom is -0.497 e. The van der Waals surface area contributed by atoms with Gasteiger partial charge < -0.3 is 19.5 Å². The number of amides is 1. The van der Waals surface area contributed by atoms with Crippen LogP contribution in [0.25, 0.3) is 6.08 Å². The highest BCUT2D eigenvalue weighted by Crippen LogP contribution is 2.33. The molecular formula is C37H32ClN3O5S. The molecule has 1 N–H and O–H groups in total. The molecule has 1 atom stereocenters. The highest BCUT2D eigenvalue weighted by molar-refractivity contribution is 7.07. The quantitative estimate of drug-likeness (QED) is 0.184. The van der Waals surface area contributed by atoms with Crippen LogP contribution in [0.3, 0.4) is 0 Å². The maximum Gasteiger partial charge on any atom is 0.271 e. The highest BCUT2D eigenvalue weighted by atomic mass is 35.5. The number of hydrogen-bond donors (Lipinski definition) is 1. The molecule has 8 nitrogen and oxygen atoms in total. The standard InChI is InChI=1S/C37H32ClN3O5S/c1-4-45-31-19-24(16-17-30(31)46-22-25-10-8-12-27(38)18-25)20-32-36(43)41-34(26-11-9-15-29(21-26)44-3)33(23(2)39-37(41)47-32)35(42)40-28-13-6-5-7-14-28/h5-21,34H,4,22H2,1-3H3,(H,40,42)/b32-20-/t34-/m0/s1. The molecule has 5 aromatic rings. The third-order valence-corrected chi connectivity index (χ3v) is 8.77. The lowest BCUT2D eigenvalue weighted by molar-refractivity contribution is -0.113. The number of carbonyl (C=O) groups is 1. The number of ether oxygens (including phenoxy) is 3. The lowest BCUT2D eigenvalue weighted by Gasteiger charge is -2.25. The summed E-state index contributed by atoms with van der Waals surface area (Å²) in [7, 11) is 1.58. The fourth-order valence-corrected chi connectivity index (χ4v) is 6.66. The Labute approximate surface area is 280 Å². The third kappa shape index (κ3) is 7.01. The van der Waals surface area contributed by atoms with Gasteiger partial charge in [0.1, 0.15) is 12.4 Å². The molecule has 0 radical (unpaired) electrons. The van der Waals surface area contributed by atoms with Crippen molar-refractivity contribution in [3.63, 3.8) is 0 Å². The van der Waals surface area contributed by atoms with Crippen molar-refractivity contribution < 1.29 is 19.0 Å². The van der Waals surface area contributed by atoms with E-state index in [1.807, 2.05) is 104 Å². The van der Waals surface area contributed by atoms with Crippen LogP contribution >= 0.6 is 22.9 Å². The summed E-state index contributed by atoms with van der Waals surface area (Å²) in [5, 5.41) is 3.61. The number of hydrogen-bond acceptors (Lipinski definition) is 7. The number of aromatic nitrogens is 1. The number of para-hydroxylation sites is 1. The average molecular weight is 666 g/mol. The molecular weight excluding hydrogens is 634 g/mol. The number of methoxy groups -OCH3 is 1. The van der Waals surface area contributed by atoms with Crippen LogP contribution in [0.1, 0.15) is 36.6 Å². The number of thiazole rings is 1. The van der Waals surface area contributed by atoms with Crippen LogP contribution in [0.2, 0.25) is 5.02 Å². The number of benzene rings is 4. The SMILES string of the molecule is CCOc1cc(/C=c2\sc3n(c2=O)[C@@H](c2cccc(OC)c2)C(C(=O)Nc2ccccc2)=C(C)N=3)ccc1OCc1cccc(Cl)c1. The molecule has 6 rings (SSSR count). The van der Waals surface area contributed by atoms with Crippen LogP contribution in [0, 0.1) is 0 Å². The largest absolute Gasteiger partial charge is 0.497 e. The van der Waals surface area contributed by atoms with Gasteiger partial charge >= 0.3 is 0 Å². The number of halogens is 1. The van der Waals surface area contributed by atoms with Gasteiger partial charge in [-0.2, -0.15) is 0 Å². The van der Waals surface area contributed by atoms with Gasteiger partial charge in [-0.25, -0.2) is 4.99 Å². The van der Waals surface area contributed by atoms with Gasteiger partial charge in [-0.3, -0.25) is 14.2 Å². The van der Waals surface area contributed by atoms with Crippen LogP contribution in [0.15, 0.2) is 118 Å². The first-order valence-electron chi connectivity index (χ1n) is 15.0. The van der Waals surface area contributed by atoms with E-state index in [-0.39, 0.29) is 11.5 Å². The van der Waals surface area contributed by atoms with Crippen molar-refractivity contribution in [1.82, 2.24) is 4.57 Å².